The van der Waals surface area contributed by atoms with Crippen LogP contribution >= 0.6 is 0 Å². The van der Waals surface area contributed by atoms with Crippen molar-refractivity contribution < 1.29 is 0 Å². The molecular weight excluding hydrogens is 222 g/mol. The van der Waals surface area contributed by atoms with E-state index in [0.29, 0.717) is 0 Å². The molecule has 1 heterocycles. The van der Waals surface area contributed by atoms with Crippen molar-refractivity contribution in [2.75, 3.05) is 46.3 Å². The predicted octanol–water partition coefficient (Wildman–Crippen LogP) is 2.04. The van der Waals surface area contributed by atoms with Gasteiger partial charge in [0.1, 0.15) is 0 Å². The lowest BCUT2D eigenvalue weighted by atomic mass is 10.1. The third-order valence-electron chi connectivity index (χ3n) is 4.42. The van der Waals surface area contributed by atoms with Crippen LogP contribution in [0.25, 0.3) is 0 Å². The summed E-state index contributed by atoms with van der Waals surface area (Å²) in [6.07, 6.45) is 4.07. The first-order chi connectivity index (χ1) is 8.71. The van der Waals surface area contributed by atoms with E-state index in [0.717, 1.165) is 12.0 Å². The maximum absolute atomic E-state index is 3.31. The third-order valence-corrected chi connectivity index (χ3v) is 4.42. The topological polar surface area (TPSA) is 18.5 Å². The molecule has 3 heteroatoms. The fourth-order valence-electron chi connectivity index (χ4n) is 3.05. The van der Waals surface area contributed by atoms with E-state index in [9.17, 15) is 0 Å². The van der Waals surface area contributed by atoms with Crippen LogP contribution in [0.4, 0.5) is 0 Å². The van der Waals surface area contributed by atoms with Crippen molar-refractivity contribution in [3.63, 3.8) is 0 Å². The van der Waals surface area contributed by atoms with Crippen LogP contribution in [0.2, 0.25) is 0 Å². The monoisotopic (exact) mass is 255 g/mol. The van der Waals surface area contributed by atoms with Crippen LogP contribution in [0.5, 0.6) is 0 Å². The van der Waals surface area contributed by atoms with Gasteiger partial charge < -0.3 is 15.1 Å². The van der Waals surface area contributed by atoms with Gasteiger partial charge in [0.05, 0.1) is 0 Å². The van der Waals surface area contributed by atoms with Gasteiger partial charge in [-0.2, -0.15) is 0 Å². The lowest BCUT2D eigenvalue weighted by Gasteiger charge is -2.26. The standard InChI is InChI=1S/C15H33N3/c1-5-17(6-2)10-7-8-14(3)18-11-9-15(13-18)12-16-4/h14-16H,5-13H2,1-4H3. The summed E-state index contributed by atoms with van der Waals surface area (Å²) in [4.78, 5) is 5.21. The second-order valence-corrected chi connectivity index (χ2v) is 5.73. The summed E-state index contributed by atoms with van der Waals surface area (Å²) in [7, 11) is 2.07. The van der Waals surface area contributed by atoms with Crippen molar-refractivity contribution in [1.82, 2.24) is 15.1 Å². The Hall–Kier alpha value is -0.120. The first-order valence-electron chi connectivity index (χ1n) is 7.82. The van der Waals surface area contributed by atoms with Gasteiger partial charge in [0, 0.05) is 12.6 Å². The van der Waals surface area contributed by atoms with E-state index >= 15 is 0 Å². The first-order valence-corrected chi connectivity index (χ1v) is 7.82. The minimum Gasteiger partial charge on any atom is -0.319 e. The van der Waals surface area contributed by atoms with Crippen LogP contribution in [0, 0.1) is 5.92 Å². The Labute approximate surface area is 114 Å². The Morgan fingerprint density at radius 1 is 1.33 bits per heavy atom. The highest BCUT2D eigenvalue weighted by Crippen LogP contribution is 2.20. The molecular formula is C15H33N3. The Morgan fingerprint density at radius 3 is 2.67 bits per heavy atom. The highest BCUT2D eigenvalue weighted by atomic mass is 15.2. The van der Waals surface area contributed by atoms with E-state index in [1.165, 1.54) is 58.5 Å². The molecule has 108 valence electrons. The second kappa shape index (κ2) is 8.89. The van der Waals surface area contributed by atoms with Gasteiger partial charge in [0.2, 0.25) is 0 Å². The van der Waals surface area contributed by atoms with E-state index in [-0.39, 0.29) is 0 Å². The van der Waals surface area contributed by atoms with E-state index in [4.69, 9.17) is 0 Å². The molecule has 1 fully saturated rings. The molecule has 1 saturated heterocycles. The summed E-state index contributed by atoms with van der Waals surface area (Å²) >= 11 is 0. The average molecular weight is 255 g/mol. The molecule has 0 bridgehead atoms. The van der Waals surface area contributed by atoms with Crippen LogP contribution in [0.1, 0.15) is 40.0 Å². The number of likely N-dealkylation sites (tertiary alicyclic amines) is 1. The average Bonchev–Trinajstić information content (AvgIpc) is 2.83. The zero-order chi connectivity index (χ0) is 13.4. The van der Waals surface area contributed by atoms with E-state index < -0.39 is 0 Å². The van der Waals surface area contributed by atoms with Gasteiger partial charge in [-0.25, -0.2) is 0 Å². The molecule has 0 amide bonds. The third kappa shape index (κ3) is 5.25. The van der Waals surface area contributed by atoms with Crippen LogP contribution in [0.3, 0.4) is 0 Å². The number of hydrogen-bond donors (Lipinski definition) is 1. The van der Waals surface area contributed by atoms with E-state index in [2.05, 4.69) is 42.9 Å². The molecule has 1 aliphatic heterocycles. The molecule has 3 nitrogen and oxygen atoms in total. The van der Waals surface area contributed by atoms with Crippen molar-refractivity contribution in [2.45, 2.75) is 46.1 Å². The summed E-state index contributed by atoms with van der Waals surface area (Å²) in [5, 5.41) is 3.31. The van der Waals surface area contributed by atoms with E-state index in [1.54, 1.807) is 0 Å². The minimum atomic E-state index is 0.766. The summed E-state index contributed by atoms with van der Waals surface area (Å²) in [6.45, 7) is 14.4. The molecule has 1 N–H and O–H groups in total. The van der Waals surface area contributed by atoms with Crippen LogP contribution in [-0.4, -0.2) is 62.2 Å². The molecule has 18 heavy (non-hydrogen) atoms. The van der Waals surface area contributed by atoms with Crippen LogP contribution in [-0.2, 0) is 0 Å². The molecule has 0 radical (unpaired) electrons. The largest absolute Gasteiger partial charge is 0.319 e. The second-order valence-electron chi connectivity index (χ2n) is 5.73. The van der Waals surface area contributed by atoms with Crippen molar-refractivity contribution in [1.29, 1.82) is 0 Å². The van der Waals surface area contributed by atoms with Gasteiger partial charge in [-0.15, -0.1) is 0 Å². The highest BCUT2D eigenvalue weighted by molar-refractivity contribution is 4.80. The van der Waals surface area contributed by atoms with Crippen LogP contribution < -0.4 is 5.32 Å². The van der Waals surface area contributed by atoms with Crippen LogP contribution in [0.15, 0.2) is 0 Å². The Kier molecular flexibility index (Phi) is 7.87. The number of nitrogens with zero attached hydrogens (tertiary/aromatic N) is 2. The molecule has 0 aromatic carbocycles. The number of hydrogen-bond acceptors (Lipinski definition) is 3. The SMILES string of the molecule is CCN(CC)CCCC(C)N1CCC(CNC)C1. The van der Waals surface area contributed by atoms with Crippen molar-refractivity contribution in [2.24, 2.45) is 5.92 Å². The molecule has 0 aromatic rings. The summed E-state index contributed by atoms with van der Waals surface area (Å²) in [5.74, 6) is 0.875. The predicted molar refractivity (Wildman–Crippen MR) is 80.1 cm³/mol. The zero-order valence-corrected chi connectivity index (χ0v) is 12.9. The van der Waals surface area contributed by atoms with E-state index in [1.807, 2.05) is 0 Å². The summed E-state index contributed by atoms with van der Waals surface area (Å²) in [6, 6.07) is 0.766. The Balaban J connectivity index is 2.15. The van der Waals surface area contributed by atoms with Gasteiger partial charge in [0.15, 0.2) is 0 Å². The smallest absolute Gasteiger partial charge is 0.00675 e. The minimum absolute atomic E-state index is 0.766. The van der Waals surface area contributed by atoms with Gasteiger partial charge in [-0.1, -0.05) is 13.8 Å². The molecule has 0 aromatic heterocycles. The highest BCUT2D eigenvalue weighted by Gasteiger charge is 2.25. The molecule has 2 atom stereocenters. The molecule has 2 unspecified atom stereocenters. The van der Waals surface area contributed by atoms with Gasteiger partial charge in [-0.3, -0.25) is 0 Å². The molecule has 0 aliphatic carbocycles. The Morgan fingerprint density at radius 2 is 2.06 bits per heavy atom. The van der Waals surface area contributed by atoms with Gasteiger partial charge in [0.25, 0.3) is 0 Å². The van der Waals surface area contributed by atoms with Gasteiger partial charge >= 0.3 is 0 Å². The normalized spacial score (nSPS) is 22.8. The fraction of sp³-hybridized carbons (Fsp3) is 1.00. The summed E-state index contributed by atoms with van der Waals surface area (Å²) in [5.41, 5.74) is 0. The van der Waals surface area contributed by atoms with Crippen molar-refractivity contribution >= 4 is 0 Å². The maximum atomic E-state index is 3.31. The lowest BCUT2D eigenvalue weighted by Crippen LogP contribution is -2.33. The molecule has 0 spiro atoms. The summed E-state index contributed by atoms with van der Waals surface area (Å²) < 4.78 is 0. The Bertz CT molecular complexity index is 204. The number of nitrogens with one attached hydrogen (secondary N) is 1. The van der Waals surface area contributed by atoms with Crippen molar-refractivity contribution in [3.05, 3.63) is 0 Å². The van der Waals surface area contributed by atoms with Crippen molar-refractivity contribution in [3.8, 4) is 0 Å². The first kappa shape index (κ1) is 15.9. The zero-order valence-electron chi connectivity index (χ0n) is 12.9. The van der Waals surface area contributed by atoms with Gasteiger partial charge in [-0.05, 0) is 71.9 Å². The quantitative estimate of drug-likeness (QED) is 0.680. The lowest BCUT2D eigenvalue weighted by molar-refractivity contribution is 0.219. The fourth-order valence-corrected chi connectivity index (χ4v) is 3.05. The molecule has 1 aliphatic rings. The maximum Gasteiger partial charge on any atom is 0.00675 e. The number of rotatable bonds is 9. The molecule has 1 rings (SSSR count). The molecule has 0 saturated carbocycles.